The summed E-state index contributed by atoms with van der Waals surface area (Å²) in [5.41, 5.74) is 0. The normalized spacial score (nSPS) is 21.1. The van der Waals surface area contributed by atoms with Crippen LogP contribution in [0.2, 0.25) is 0 Å². The van der Waals surface area contributed by atoms with Crippen molar-refractivity contribution in [3.05, 3.63) is 0 Å². The smallest absolute Gasteiger partial charge is 0.331 e. The second kappa shape index (κ2) is 6.31. The Morgan fingerprint density at radius 1 is 1.37 bits per heavy atom. The maximum Gasteiger partial charge on any atom is 0.331 e. The second-order valence-corrected chi connectivity index (χ2v) is 4.27. The van der Waals surface area contributed by atoms with Crippen molar-refractivity contribution in [2.24, 2.45) is 5.92 Å². The first-order valence-corrected chi connectivity index (χ1v) is 6.28. The molecule has 1 saturated heterocycles. The van der Waals surface area contributed by atoms with E-state index in [0.29, 0.717) is 12.8 Å². The van der Waals surface area contributed by atoms with Gasteiger partial charge in [-0.05, 0) is 20.3 Å². The number of nitrogens with one attached hydrogen (secondary N) is 1. The van der Waals surface area contributed by atoms with Gasteiger partial charge in [-0.15, -0.1) is 0 Å². The molecule has 4 amide bonds. The van der Waals surface area contributed by atoms with E-state index in [-0.39, 0.29) is 6.61 Å². The van der Waals surface area contributed by atoms with Crippen LogP contribution in [0.4, 0.5) is 4.79 Å². The molecule has 1 aliphatic rings. The highest BCUT2D eigenvalue weighted by Crippen LogP contribution is 2.18. The lowest BCUT2D eigenvalue weighted by Crippen LogP contribution is -2.61. The van der Waals surface area contributed by atoms with Crippen molar-refractivity contribution in [3.63, 3.8) is 0 Å². The largest absolute Gasteiger partial charge is 0.464 e. The van der Waals surface area contributed by atoms with Gasteiger partial charge in [0.25, 0.3) is 0 Å². The van der Waals surface area contributed by atoms with Crippen molar-refractivity contribution >= 4 is 23.8 Å². The monoisotopic (exact) mass is 270 g/mol. The van der Waals surface area contributed by atoms with E-state index in [1.165, 1.54) is 6.92 Å². The van der Waals surface area contributed by atoms with Crippen molar-refractivity contribution in [1.29, 1.82) is 0 Å². The molecule has 106 valence electrons. The first-order valence-electron chi connectivity index (χ1n) is 6.28. The first kappa shape index (κ1) is 15.1. The Morgan fingerprint density at radius 3 is 2.53 bits per heavy atom. The fourth-order valence-corrected chi connectivity index (χ4v) is 1.91. The molecule has 0 aliphatic carbocycles. The molecule has 1 heterocycles. The van der Waals surface area contributed by atoms with Gasteiger partial charge in [0.2, 0.25) is 11.8 Å². The van der Waals surface area contributed by atoms with E-state index in [4.69, 9.17) is 4.74 Å². The fourth-order valence-electron chi connectivity index (χ4n) is 1.91. The van der Waals surface area contributed by atoms with Gasteiger partial charge in [0.15, 0.2) is 0 Å². The number of carbonyl (C=O) groups excluding carboxylic acids is 4. The number of ether oxygens (including phenoxy) is 1. The standard InChI is InChI=1S/C12H18N2O5/c1-4-6-8-9(15)13-12(18)14(10(8)16)7(3)11(17)19-5-2/h7-8H,4-6H2,1-3H3,(H,13,15,18). The summed E-state index contributed by atoms with van der Waals surface area (Å²) in [6, 6.07) is -1.91. The Bertz CT molecular complexity index is 407. The zero-order chi connectivity index (χ0) is 14.6. The zero-order valence-electron chi connectivity index (χ0n) is 11.3. The maximum absolute atomic E-state index is 12.1. The molecule has 1 rings (SSSR count). The second-order valence-electron chi connectivity index (χ2n) is 4.27. The molecule has 0 bridgehead atoms. The molecular weight excluding hydrogens is 252 g/mol. The molecule has 2 atom stereocenters. The predicted octanol–water partition coefficient (Wildman–Crippen LogP) is 0.433. The van der Waals surface area contributed by atoms with Gasteiger partial charge in [-0.2, -0.15) is 0 Å². The minimum Gasteiger partial charge on any atom is -0.464 e. The fraction of sp³-hybridized carbons (Fsp3) is 0.667. The Labute approximate surface area is 111 Å². The molecule has 0 aromatic carbocycles. The molecule has 1 fully saturated rings. The van der Waals surface area contributed by atoms with Gasteiger partial charge in [-0.25, -0.2) is 14.5 Å². The van der Waals surface area contributed by atoms with E-state index < -0.39 is 35.8 Å². The molecule has 0 saturated carbocycles. The topological polar surface area (TPSA) is 92.8 Å². The molecule has 0 spiro atoms. The van der Waals surface area contributed by atoms with Crippen LogP contribution in [0, 0.1) is 5.92 Å². The van der Waals surface area contributed by atoms with E-state index in [1.807, 2.05) is 6.92 Å². The lowest BCUT2D eigenvalue weighted by molar-refractivity contribution is -0.156. The van der Waals surface area contributed by atoms with Crippen LogP contribution in [0.25, 0.3) is 0 Å². The number of amides is 4. The Balaban J connectivity index is 2.92. The summed E-state index contributed by atoms with van der Waals surface area (Å²) in [6.45, 7) is 5.01. The number of hydrogen-bond acceptors (Lipinski definition) is 5. The Hall–Kier alpha value is -1.92. The van der Waals surface area contributed by atoms with Gasteiger partial charge in [0.05, 0.1) is 6.61 Å². The molecule has 0 aromatic heterocycles. The van der Waals surface area contributed by atoms with Gasteiger partial charge < -0.3 is 4.74 Å². The Morgan fingerprint density at radius 2 is 2.00 bits per heavy atom. The first-order chi connectivity index (χ1) is 8.93. The number of urea groups is 1. The Kier molecular flexibility index (Phi) is 5.02. The molecule has 1 aliphatic heterocycles. The highest BCUT2D eigenvalue weighted by Gasteiger charge is 2.44. The highest BCUT2D eigenvalue weighted by molar-refractivity contribution is 6.17. The van der Waals surface area contributed by atoms with Crippen LogP contribution in [0.5, 0.6) is 0 Å². The van der Waals surface area contributed by atoms with E-state index in [0.717, 1.165) is 4.90 Å². The maximum atomic E-state index is 12.1. The van der Waals surface area contributed by atoms with Crippen molar-refractivity contribution in [3.8, 4) is 0 Å². The number of carbonyl (C=O) groups is 4. The third-order valence-electron chi connectivity index (χ3n) is 2.89. The quantitative estimate of drug-likeness (QED) is 0.577. The van der Waals surface area contributed by atoms with Crippen LogP contribution < -0.4 is 5.32 Å². The van der Waals surface area contributed by atoms with Gasteiger partial charge in [-0.1, -0.05) is 13.3 Å². The van der Waals surface area contributed by atoms with Crippen LogP contribution in [-0.2, 0) is 19.1 Å². The summed E-state index contributed by atoms with van der Waals surface area (Å²) in [5.74, 6) is -2.84. The molecule has 7 heteroatoms. The molecule has 2 unspecified atom stereocenters. The van der Waals surface area contributed by atoms with Gasteiger partial charge >= 0.3 is 12.0 Å². The lowest BCUT2D eigenvalue weighted by atomic mass is 9.98. The van der Waals surface area contributed by atoms with Crippen LogP contribution >= 0.6 is 0 Å². The molecule has 1 N–H and O–H groups in total. The molecule has 0 radical (unpaired) electrons. The minimum absolute atomic E-state index is 0.157. The molecule has 19 heavy (non-hydrogen) atoms. The number of imide groups is 2. The zero-order valence-corrected chi connectivity index (χ0v) is 11.3. The minimum atomic E-state index is -1.04. The summed E-state index contributed by atoms with van der Waals surface area (Å²) in [6.07, 6.45) is 0.962. The van der Waals surface area contributed by atoms with E-state index in [9.17, 15) is 19.2 Å². The average molecular weight is 270 g/mol. The van der Waals surface area contributed by atoms with Crippen LogP contribution in [-0.4, -0.2) is 41.4 Å². The van der Waals surface area contributed by atoms with E-state index in [1.54, 1.807) is 6.92 Å². The summed E-state index contributed by atoms with van der Waals surface area (Å²) in [4.78, 5) is 47.7. The summed E-state index contributed by atoms with van der Waals surface area (Å²) < 4.78 is 4.78. The van der Waals surface area contributed by atoms with Crippen molar-refractivity contribution in [2.45, 2.75) is 39.7 Å². The summed E-state index contributed by atoms with van der Waals surface area (Å²) in [5, 5.41) is 2.09. The lowest BCUT2D eigenvalue weighted by Gasteiger charge is -2.32. The third kappa shape index (κ3) is 3.10. The van der Waals surface area contributed by atoms with Crippen molar-refractivity contribution in [1.82, 2.24) is 10.2 Å². The summed E-state index contributed by atoms with van der Waals surface area (Å²) >= 11 is 0. The van der Waals surface area contributed by atoms with E-state index >= 15 is 0 Å². The molecular formula is C12H18N2O5. The average Bonchev–Trinajstić information content (AvgIpc) is 2.34. The van der Waals surface area contributed by atoms with Crippen molar-refractivity contribution in [2.75, 3.05) is 6.61 Å². The number of esters is 1. The SMILES string of the molecule is CCCC1C(=O)NC(=O)N(C(C)C(=O)OCC)C1=O. The van der Waals surface area contributed by atoms with Crippen molar-refractivity contribution < 1.29 is 23.9 Å². The number of hydrogen-bond donors (Lipinski definition) is 1. The van der Waals surface area contributed by atoms with Crippen LogP contribution in [0.15, 0.2) is 0 Å². The van der Waals surface area contributed by atoms with Crippen LogP contribution in [0.1, 0.15) is 33.6 Å². The summed E-state index contributed by atoms with van der Waals surface area (Å²) in [7, 11) is 0. The molecule has 0 aromatic rings. The van der Waals surface area contributed by atoms with E-state index in [2.05, 4.69) is 5.32 Å². The highest BCUT2D eigenvalue weighted by atomic mass is 16.5. The van der Waals surface area contributed by atoms with Gasteiger partial charge in [0, 0.05) is 0 Å². The predicted molar refractivity (Wildman–Crippen MR) is 64.9 cm³/mol. The van der Waals surface area contributed by atoms with Crippen LogP contribution in [0.3, 0.4) is 0 Å². The number of barbiturate groups is 1. The number of nitrogens with zero attached hydrogens (tertiary/aromatic N) is 1. The third-order valence-corrected chi connectivity index (χ3v) is 2.89. The van der Waals surface area contributed by atoms with Gasteiger partial charge in [0.1, 0.15) is 12.0 Å². The number of rotatable bonds is 5. The van der Waals surface area contributed by atoms with Gasteiger partial charge in [-0.3, -0.25) is 14.9 Å². The molecule has 7 nitrogen and oxygen atoms in total.